The number of hydrogen-bond donors (Lipinski definition) is 7. The third kappa shape index (κ3) is 43.2. The molecule has 3 atom stereocenters. The van der Waals surface area contributed by atoms with E-state index in [1.807, 2.05) is 118 Å². The summed E-state index contributed by atoms with van der Waals surface area (Å²) in [6, 6.07) is 0.537. The van der Waals surface area contributed by atoms with Gasteiger partial charge in [-0.3, -0.25) is 24.0 Å². The van der Waals surface area contributed by atoms with Crippen molar-refractivity contribution in [2.75, 3.05) is 19.7 Å². The smallest absolute Gasteiger partial charge is 0.225 e. The molecule has 0 fully saturated rings. The second-order valence-corrected chi connectivity index (χ2v) is 21.6. The zero-order valence-electron chi connectivity index (χ0n) is 42.2. The molecule has 0 aliphatic heterocycles. The first-order chi connectivity index (χ1) is 25.7. The van der Waals surface area contributed by atoms with Gasteiger partial charge in [0.25, 0.3) is 0 Å². The van der Waals surface area contributed by atoms with Gasteiger partial charge in [0.05, 0.1) is 18.8 Å². The topological polar surface area (TPSA) is 186 Å². The van der Waals surface area contributed by atoms with E-state index in [0.29, 0.717) is 18.6 Å². The number of carbonyl (C=O) groups is 5. The maximum atomic E-state index is 11.5. The van der Waals surface area contributed by atoms with Crippen LogP contribution < -0.4 is 26.6 Å². The van der Waals surface area contributed by atoms with Crippen LogP contribution in [0, 0.1) is 32.5 Å². The van der Waals surface area contributed by atoms with E-state index in [-0.39, 0.29) is 82.1 Å². The minimum Gasteiger partial charge on any atom is -0.394 e. The summed E-state index contributed by atoms with van der Waals surface area (Å²) < 4.78 is 0. The summed E-state index contributed by atoms with van der Waals surface area (Å²) in [4.78, 5) is 56.7. The van der Waals surface area contributed by atoms with Crippen molar-refractivity contribution < 1.29 is 34.2 Å². The molecular formula is C47H101N5O7. The van der Waals surface area contributed by atoms with Gasteiger partial charge >= 0.3 is 0 Å². The second-order valence-electron chi connectivity index (χ2n) is 21.6. The summed E-state index contributed by atoms with van der Waals surface area (Å²) in [5.74, 6) is 0.363. The van der Waals surface area contributed by atoms with Crippen LogP contribution in [0.4, 0.5) is 0 Å². The fourth-order valence-corrected chi connectivity index (χ4v) is 3.23. The minimum absolute atomic E-state index is 0. The Morgan fingerprint density at radius 3 is 0.983 bits per heavy atom. The third-order valence-corrected chi connectivity index (χ3v) is 8.10. The minimum atomic E-state index is -0.471. The lowest BCUT2D eigenvalue weighted by molar-refractivity contribution is -0.130. The summed E-state index contributed by atoms with van der Waals surface area (Å²) in [5.41, 5.74) is -1.37. The molecule has 0 aromatic rings. The van der Waals surface area contributed by atoms with Crippen molar-refractivity contribution in [3.8, 4) is 0 Å². The fourth-order valence-electron chi connectivity index (χ4n) is 3.23. The zero-order chi connectivity index (χ0) is 47.7. The van der Waals surface area contributed by atoms with Crippen LogP contribution in [0.5, 0.6) is 0 Å². The van der Waals surface area contributed by atoms with Gasteiger partial charge in [-0.2, -0.15) is 0 Å². The van der Waals surface area contributed by atoms with Crippen LogP contribution in [-0.4, -0.2) is 83.7 Å². The molecule has 356 valence electrons. The highest BCUT2D eigenvalue weighted by atomic mass is 16.3. The Hall–Kier alpha value is -2.73. The first-order valence-electron chi connectivity index (χ1n) is 21.5. The van der Waals surface area contributed by atoms with Gasteiger partial charge in [-0.15, -0.1) is 0 Å². The van der Waals surface area contributed by atoms with Crippen LogP contribution in [-0.2, 0) is 24.0 Å². The maximum absolute atomic E-state index is 11.5. The summed E-state index contributed by atoms with van der Waals surface area (Å²) in [6.45, 7) is 47.7. The fraction of sp³-hybridized carbons (Fsp3) is 0.894. The SMILES string of the molecule is C.CC(C)(C)CNC(=O)C(C)(C)C.CC(O)CNC(=O)C(C)(C)C.CCC(C)NC(=O)C(C)(C)C.CCC(CC)NC(=O)C(C)(C)C.CCC(CO)NC(=O)C(C)(C)C. The van der Waals surface area contributed by atoms with Gasteiger partial charge in [-0.1, -0.05) is 160 Å². The van der Waals surface area contributed by atoms with Gasteiger partial charge in [0.1, 0.15) is 0 Å². The Kier molecular flexibility index (Phi) is 35.9. The molecule has 3 unspecified atom stereocenters. The molecule has 0 spiro atoms. The molecule has 0 saturated carbocycles. The summed E-state index contributed by atoms with van der Waals surface area (Å²) in [6.07, 6.45) is 3.30. The zero-order valence-corrected chi connectivity index (χ0v) is 42.2. The molecule has 12 heteroatoms. The second kappa shape index (κ2) is 31.2. The average Bonchev–Trinajstić information content (AvgIpc) is 3.05. The van der Waals surface area contributed by atoms with E-state index in [0.717, 1.165) is 32.2 Å². The highest BCUT2D eigenvalue weighted by Crippen LogP contribution is 2.17. The number of aliphatic hydroxyl groups excluding tert-OH is 2. The van der Waals surface area contributed by atoms with Crippen LogP contribution in [0.3, 0.4) is 0 Å². The van der Waals surface area contributed by atoms with Crippen molar-refractivity contribution in [2.45, 2.75) is 224 Å². The predicted molar refractivity (Wildman–Crippen MR) is 251 cm³/mol. The van der Waals surface area contributed by atoms with Gasteiger partial charge in [-0.05, 0) is 44.9 Å². The van der Waals surface area contributed by atoms with Crippen molar-refractivity contribution in [2.24, 2.45) is 32.5 Å². The molecule has 0 saturated heterocycles. The summed E-state index contributed by atoms with van der Waals surface area (Å²) >= 11 is 0. The lowest BCUT2D eigenvalue weighted by atomic mass is 9.93. The highest BCUT2D eigenvalue weighted by Gasteiger charge is 2.25. The number of amides is 5. The maximum Gasteiger partial charge on any atom is 0.225 e. The van der Waals surface area contributed by atoms with Crippen molar-refractivity contribution in [1.29, 1.82) is 0 Å². The number of nitrogens with one attached hydrogen (secondary N) is 5. The first-order valence-corrected chi connectivity index (χ1v) is 21.5. The van der Waals surface area contributed by atoms with Crippen LogP contribution >= 0.6 is 0 Å². The standard InChI is InChI=1S/2C10H21NO.C9H19NO2.C9H19NO.C8H17NO2.CH4/c1-9(2,3)7-11-8(12)10(4,5)6;1-6-8(7-2)11-9(12)10(3,4)5;1-5-7(6-11)10-8(12)9(2,3)4;1-6-7(2)10-8(11)9(3,4)5;1-6(10)5-9-7(11)8(2,3)4;/h7H2,1-6H3,(H,11,12);8H,6-7H2,1-5H3,(H,11,12);7,11H,5-6H2,1-4H3,(H,10,12);7H,6H2,1-5H3,(H,10,11);6,10H,5H2,1-4H3,(H,9,11);1H4. The lowest BCUT2D eigenvalue weighted by Gasteiger charge is -2.23. The monoisotopic (exact) mass is 848 g/mol. The Balaban J connectivity index is -0.000000148. The van der Waals surface area contributed by atoms with Crippen LogP contribution in [0.15, 0.2) is 0 Å². The summed E-state index contributed by atoms with van der Waals surface area (Å²) in [5, 5.41) is 32.0. The van der Waals surface area contributed by atoms with Crippen LogP contribution in [0.1, 0.15) is 199 Å². The molecule has 0 aromatic carbocycles. The van der Waals surface area contributed by atoms with E-state index in [4.69, 9.17) is 10.2 Å². The van der Waals surface area contributed by atoms with E-state index < -0.39 is 6.10 Å². The lowest BCUT2D eigenvalue weighted by Crippen LogP contribution is -2.43. The molecule has 0 aliphatic carbocycles. The molecular weight excluding hydrogens is 747 g/mol. The van der Waals surface area contributed by atoms with E-state index in [1.54, 1.807) is 6.92 Å². The normalized spacial score (nSPS) is 13.2. The first kappa shape index (κ1) is 68.0. The van der Waals surface area contributed by atoms with Gasteiger partial charge in [0.15, 0.2) is 0 Å². The predicted octanol–water partition coefficient (Wildman–Crippen LogP) is 8.56. The molecule has 0 bridgehead atoms. The Bertz CT molecular complexity index is 1100. The Morgan fingerprint density at radius 1 is 0.458 bits per heavy atom. The van der Waals surface area contributed by atoms with Crippen molar-refractivity contribution >= 4 is 29.5 Å². The average molecular weight is 848 g/mol. The van der Waals surface area contributed by atoms with E-state index in [9.17, 15) is 24.0 Å². The van der Waals surface area contributed by atoms with E-state index in [2.05, 4.69) is 68.1 Å². The number of carbonyl (C=O) groups excluding carboxylic acids is 5. The van der Waals surface area contributed by atoms with E-state index in [1.165, 1.54) is 0 Å². The molecule has 12 nitrogen and oxygen atoms in total. The molecule has 0 aliphatic rings. The number of aliphatic hydroxyl groups is 2. The van der Waals surface area contributed by atoms with Crippen LogP contribution in [0.2, 0.25) is 0 Å². The number of hydrogen-bond acceptors (Lipinski definition) is 7. The number of rotatable bonds is 11. The largest absolute Gasteiger partial charge is 0.394 e. The van der Waals surface area contributed by atoms with Gasteiger partial charge in [-0.25, -0.2) is 0 Å². The van der Waals surface area contributed by atoms with Crippen molar-refractivity contribution in [3.63, 3.8) is 0 Å². The molecule has 0 radical (unpaired) electrons. The van der Waals surface area contributed by atoms with Gasteiger partial charge in [0, 0.05) is 52.2 Å². The van der Waals surface area contributed by atoms with Gasteiger partial charge in [0.2, 0.25) is 29.5 Å². The molecule has 59 heavy (non-hydrogen) atoms. The highest BCUT2D eigenvalue weighted by molar-refractivity contribution is 5.83. The Morgan fingerprint density at radius 2 is 0.746 bits per heavy atom. The van der Waals surface area contributed by atoms with Gasteiger partial charge < -0.3 is 36.8 Å². The molecule has 5 amide bonds. The molecule has 7 N–H and O–H groups in total. The molecule has 0 heterocycles. The van der Waals surface area contributed by atoms with Crippen molar-refractivity contribution in [3.05, 3.63) is 0 Å². The van der Waals surface area contributed by atoms with Crippen molar-refractivity contribution in [1.82, 2.24) is 26.6 Å². The van der Waals surface area contributed by atoms with E-state index >= 15 is 0 Å². The molecule has 0 rings (SSSR count). The van der Waals surface area contributed by atoms with Crippen LogP contribution in [0.25, 0.3) is 0 Å². The molecule has 0 aromatic heterocycles. The quantitative estimate of drug-likeness (QED) is 0.109. The Labute approximate surface area is 365 Å². The third-order valence-electron chi connectivity index (χ3n) is 8.10. The summed E-state index contributed by atoms with van der Waals surface area (Å²) in [7, 11) is 0.